The van der Waals surface area contributed by atoms with E-state index in [1.807, 2.05) is 0 Å². The van der Waals surface area contributed by atoms with Crippen LogP contribution in [-0.2, 0) is 10.0 Å². The monoisotopic (exact) mass is 364 g/mol. The molecule has 0 aliphatic heterocycles. The summed E-state index contributed by atoms with van der Waals surface area (Å²) in [7, 11) is -0.784. The van der Waals surface area contributed by atoms with Gasteiger partial charge in [0, 0.05) is 18.7 Å². The van der Waals surface area contributed by atoms with Crippen LogP contribution in [0.4, 0.5) is 0 Å². The molecule has 1 aromatic carbocycles. The van der Waals surface area contributed by atoms with Crippen molar-refractivity contribution in [1.82, 2.24) is 4.72 Å². The Morgan fingerprint density at radius 3 is 2.43 bits per heavy atom. The number of methoxy groups -OCH3 is 2. The largest absolute Gasteiger partial charge is 0.497 e. The minimum absolute atomic E-state index is 0. The van der Waals surface area contributed by atoms with E-state index in [2.05, 4.69) is 4.72 Å². The number of nitrogens with one attached hydrogen (secondary N) is 1. The van der Waals surface area contributed by atoms with Crippen molar-refractivity contribution < 1.29 is 17.9 Å². The second-order valence-corrected chi connectivity index (χ2v) is 7.21. The van der Waals surface area contributed by atoms with E-state index in [1.54, 1.807) is 12.1 Å². The van der Waals surface area contributed by atoms with Gasteiger partial charge in [-0.15, -0.1) is 12.4 Å². The third-order valence-corrected chi connectivity index (χ3v) is 5.70. The van der Waals surface area contributed by atoms with Gasteiger partial charge in [-0.3, -0.25) is 0 Å². The Kier molecular flexibility index (Phi) is 7.60. The summed E-state index contributed by atoms with van der Waals surface area (Å²) in [5.74, 6) is 1.05. The Labute approximate surface area is 144 Å². The Bertz CT molecular complexity index is 603. The van der Waals surface area contributed by atoms with Crippen LogP contribution in [0.3, 0.4) is 0 Å². The van der Waals surface area contributed by atoms with E-state index in [4.69, 9.17) is 15.2 Å². The first-order valence-electron chi connectivity index (χ1n) is 7.46. The summed E-state index contributed by atoms with van der Waals surface area (Å²) in [5, 5.41) is 0. The molecule has 1 atom stereocenters. The molecule has 0 aromatic heterocycles. The summed E-state index contributed by atoms with van der Waals surface area (Å²) in [4.78, 5) is 0.0748. The van der Waals surface area contributed by atoms with Gasteiger partial charge >= 0.3 is 0 Å². The zero-order chi connectivity index (χ0) is 16.2. The first kappa shape index (κ1) is 20.0. The zero-order valence-electron chi connectivity index (χ0n) is 13.4. The number of halogens is 1. The van der Waals surface area contributed by atoms with Crippen molar-refractivity contribution in [3.63, 3.8) is 0 Å². The summed E-state index contributed by atoms with van der Waals surface area (Å²) in [6.07, 6.45) is 4.29. The van der Waals surface area contributed by atoms with Crippen LogP contribution in [0.5, 0.6) is 11.5 Å². The normalized spacial score (nSPS) is 16.7. The number of hydrogen-bond acceptors (Lipinski definition) is 5. The second kappa shape index (κ2) is 8.73. The highest BCUT2D eigenvalue weighted by atomic mass is 35.5. The van der Waals surface area contributed by atoms with Crippen LogP contribution in [0.15, 0.2) is 23.1 Å². The molecule has 23 heavy (non-hydrogen) atoms. The highest BCUT2D eigenvalue weighted by Crippen LogP contribution is 2.31. The van der Waals surface area contributed by atoms with Gasteiger partial charge in [0.2, 0.25) is 10.0 Å². The van der Waals surface area contributed by atoms with E-state index in [0.717, 1.165) is 25.7 Å². The molecular weight excluding hydrogens is 340 g/mol. The number of sulfonamides is 1. The van der Waals surface area contributed by atoms with Crippen molar-refractivity contribution in [1.29, 1.82) is 0 Å². The maximum absolute atomic E-state index is 12.7. The third kappa shape index (κ3) is 4.73. The number of hydrogen-bond donors (Lipinski definition) is 2. The topological polar surface area (TPSA) is 90.6 Å². The lowest BCUT2D eigenvalue weighted by atomic mass is 9.99. The van der Waals surface area contributed by atoms with Crippen LogP contribution < -0.4 is 19.9 Å². The van der Waals surface area contributed by atoms with Gasteiger partial charge in [-0.05, 0) is 30.9 Å². The highest BCUT2D eigenvalue weighted by molar-refractivity contribution is 7.89. The molecule has 0 radical (unpaired) electrons. The van der Waals surface area contributed by atoms with Crippen LogP contribution in [-0.4, -0.2) is 35.2 Å². The van der Waals surface area contributed by atoms with Crippen molar-refractivity contribution in [2.75, 3.05) is 20.8 Å². The number of nitrogens with two attached hydrogens (primary N) is 1. The summed E-state index contributed by atoms with van der Waals surface area (Å²) in [5.41, 5.74) is 5.78. The number of benzene rings is 1. The van der Waals surface area contributed by atoms with Gasteiger partial charge in [0.25, 0.3) is 0 Å². The minimum Gasteiger partial charge on any atom is -0.497 e. The summed E-state index contributed by atoms with van der Waals surface area (Å²) >= 11 is 0. The predicted octanol–water partition coefficient (Wildman–Crippen LogP) is 1.92. The molecule has 1 fully saturated rings. The van der Waals surface area contributed by atoms with E-state index in [1.165, 1.54) is 20.3 Å². The molecule has 1 aliphatic rings. The van der Waals surface area contributed by atoms with Crippen molar-refractivity contribution in [3.05, 3.63) is 18.2 Å². The van der Waals surface area contributed by atoms with Crippen LogP contribution in [0.1, 0.15) is 25.7 Å². The van der Waals surface area contributed by atoms with Gasteiger partial charge in [-0.2, -0.15) is 0 Å². The lowest BCUT2D eigenvalue weighted by Gasteiger charge is -2.23. The molecule has 132 valence electrons. The molecule has 8 heteroatoms. The first-order valence-corrected chi connectivity index (χ1v) is 8.94. The van der Waals surface area contributed by atoms with Crippen molar-refractivity contribution in [3.8, 4) is 11.5 Å². The summed E-state index contributed by atoms with van der Waals surface area (Å²) in [6, 6.07) is 4.46. The molecule has 0 amide bonds. The Balaban J connectivity index is 0.00000264. The molecule has 0 bridgehead atoms. The second-order valence-electron chi connectivity index (χ2n) is 5.52. The molecule has 2 rings (SSSR count). The lowest BCUT2D eigenvalue weighted by molar-refractivity contribution is 0.387. The molecule has 1 saturated carbocycles. The van der Waals surface area contributed by atoms with Crippen molar-refractivity contribution in [2.24, 2.45) is 11.7 Å². The molecule has 1 unspecified atom stereocenters. The average Bonchev–Trinajstić information content (AvgIpc) is 3.06. The average molecular weight is 365 g/mol. The van der Waals surface area contributed by atoms with Crippen molar-refractivity contribution >= 4 is 22.4 Å². The van der Waals surface area contributed by atoms with E-state index in [9.17, 15) is 8.42 Å². The Morgan fingerprint density at radius 1 is 1.26 bits per heavy atom. The fourth-order valence-electron chi connectivity index (χ4n) is 2.95. The molecule has 1 aliphatic carbocycles. The van der Waals surface area contributed by atoms with Crippen LogP contribution in [0, 0.1) is 5.92 Å². The Hall–Kier alpha value is -1.02. The molecule has 6 nitrogen and oxygen atoms in total. The van der Waals surface area contributed by atoms with Gasteiger partial charge < -0.3 is 15.2 Å². The third-order valence-electron chi connectivity index (χ3n) is 4.19. The summed E-state index contributed by atoms with van der Waals surface area (Å²) in [6.45, 7) is 0.288. The molecular formula is C15H25ClN2O4S. The molecule has 0 spiro atoms. The maximum Gasteiger partial charge on any atom is 0.244 e. The molecule has 1 aromatic rings. The van der Waals surface area contributed by atoms with Gasteiger partial charge in [0.1, 0.15) is 16.4 Å². The van der Waals surface area contributed by atoms with Gasteiger partial charge in [-0.1, -0.05) is 12.8 Å². The van der Waals surface area contributed by atoms with E-state index in [0.29, 0.717) is 11.7 Å². The quantitative estimate of drug-likeness (QED) is 0.771. The fourth-order valence-corrected chi connectivity index (χ4v) is 4.46. The van der Waals surface area contributed by atoms with Gasteiger partial charge in [-0.25, -0.2) is 13.1 Å². The number of ether oxygens (including phenoxy) is 2. The van der Waals surface area contributed by atoms with Crippen LogP contribution >= 0.6 is 12.4 Å². The predicted molar refractivity (Wildman–Crippen MR) is 91.9 cm³/mol. The maximum atomic E-state index is 12.7. The van der Waals surface area contributed by atoms with E-state index in [-0.39, 0.29) is 35.6 Å². The van der Waals surface area contributed by atoms with Crippen molar-refractivity contribution in [2.45, 2.75) is 36.6 Å². The van der Waals surface area contributed by atoms with Gasteiger partial charge in [0.15, 0.2) is 0 Å². The van der Waals surface area contributed by atoms with Crippen LogP contribution in [0.2, 0.25) is 0 Å². The molecule has 0 saturated heterocycles. The smallest absolute Gasteiger partial charge is 0.244 e. The summed E-state index contributed by atoms with van der Waals surface area (Å²) < 4.78 is 38.4. The zero-order valence-corrected chi connectivity index (χ0v) is 15.1. The minimum atomic E-state index is -3.72. The van der Waals surface area contributed by atoms with E-state index >= 15 is 0 Å². The number of rotatable bonds is 7. The molecule has 0 heterocycles. The first-order chi connectivity index (χ1) is 10.5. The molecule has 3 N–H and O–H groups in total. The van der Waals surface area contributed by atoms with Gasteiger partial charge in [0.05, 0.1) is 14.2 Å². The standard InChI is InChI=1S/C15H24N2O4S.ClH/c1-20-12-7-8-14(21-2)15(9-12)22(18,19)17-13(10-16)11-5-3-4-6-11;/h7-9,11,13,17H,3-6,10,16H2,1-2H3;1H. The highest BCUT2D eigenvalue weighted by Gasteiger charge is 2.30. The van der Waals surface area contributed by atoms with E-state index < -0.39 is 10.0 Å². The fraction of sp³-hybridized carbons (Fsp3) is 0.600. The van der Waals surface area contributed by atoms with Crippen LogP contribution in [0.25, 0.3) is 0 Å². The lowest BCUT2D eigenvalue weighted by Crippen LogP contribution is -2.44. The Morgan fingerprint density at radius 2 is 1.91 bits per heavy atom. The SMILES string of the molecule is COc1ccc(OC)c(S(=O)(=O)NC(CN)C2CCCC2)c1.Cl.